The van der Waals surface area contributed by atoms with E-state index in [1.807, 2.05) is 48.7 Å². The van der Waals surface area contributed by atoms with Gasteiger partial charge in [0.05, 0.1) is 11.8 Å². The van der Waals surface area contributed by atoms with Gasteiger partial charge in [0, 0.05) is 42.3 Å². The first-order chi connectivity index (χ1) is 12.6. The van der Waals surface area contributed by atoms with E-state index in [9.17, 15) is 9.90 Å². The number of aliphatic hydroxyl groups excluding tert-OH is 1. The number of para-hydroxylation sites is 1. The summed E-state index contributed by atoms with van der Waals surface area (Å²) in [5.74, 6) is -0.268. The van der Waals surface area contributed by atoms with Gasteiger partial charge in [0.1, 0.15) is 5.69 Å². The molecule has 0 spiro atoms. The van der Waals surface area contributed by atoms with Crippen LogP contribution in [0.4, 0.5) is 0 Å². The van der Waals surface area contributed by atoms with Crippen LogP contribution >= 0.6 is 0 Å². The first-order valence-electron chi connectivity index (χ1n) is 8.33. The van der Waals surface area contributed by atoms with Gasteiger partial charge in [-0.25, -0.2) is 4.68 Å². The number of hydrogen-bond acceptors (Lipinski definition) is 4. The lowest BCUT2D eigenvalue weighted by Gasteiger charge is -2.03. The van der Waals surface area contributed by atoms with Gasteiger partial charge in [-0.05, 0) is 37.3 Å². The van der Waals surface area contributed by atoms with Crippen molar-refractivity contribution >= 4 is 12.0 Å². The smallest absolute Gasteiger partial charge is 0.244 e. The summed E-state index contributed by atoms with van der Waals surface area (Å²) >= 11 is 0. The molecule has 1 atom stereocenters. The van der Waals surface area contributed by atoms with Crippen molar-refractivity contribution in [3.63, 3.8) is 0 Å². The Hall–Kier alpha value is -3.25. The number of hydrogen-bond donors (Lipinski definition) is 2. The van der Waals surface area contributed by atoms with Crippen LogP contribution in [0.3, 0.4) is 0 Å². The summed E-state index contributed by atoms with van der Waals surface area (Å²) in [6.07, 6.45) is 7.88. The summed E-state index contributed by atoms with van der Waals surface area (Å²) in [7, 11) is 0. The summed E-state index contributed by atoms with van der Waals surface area (Å²) in [6.45, 7) is 1.83. The maximum Gasteiger partial charge on any atom is 0.244 e. The van der Waals surface area contributed by atoms with Crippen molar-refractivity contribution in [1.29, 1.82) is 0 Å². The highest BCUT2D eigenvalue weighted by Gasteiger charge is 2.11. The predicted octanol–water partition coefficient (Wildman–Crippen LogP) is 2.44. The minimum Gasteiger partial charge on any atom is -0.392 e. The molecule has 3 rings (SSSR count). The van der Waals surface area contributed by atoms with Gasteiger partial charge < -0.3 is 10.4 Å². The largest absolute Gasteiger partial charge is 0.392 e. The summed E-state index contributed by atoms with van der Waals surface area (Å²) in [6, 6.07) is 13.5. The molecule has 0 radical (unpaired) electrons. The standard InChI is InChI=1S/C20H20N4O2/c1-15(25)12-22-19(26)10-9-17-14-24(18-7-3-2-4-8-18)23-20(17)16-6-5-11-21-13-16/h2-11,13-15,25H,12H2,1H3,(H,22,26)/b10-9+/t15-/m1/s1. The number of rotatable bonds is 6. The first-order valence-corrected chi connectivity index (χ1v) is 8.33. The fourth-order valence-electron chi connectivity index (χ4n) is 2.42. The zero-order valence-corrected chi connectivity index (χ0v) is 14.4. The molecule has 2 aromatic heterocycles. The number of amides is 1. The second-order valence-electron chi connectivity index (χ2n) is 5.88. The fourth-order valence-corrected chi connectivity index (χ4v) is 2.42. The maximum atomic E-state index is 11.9. The van der Waals surface area contributed by atoms with Crippen molar-refractivity contribution in [2.24, 2.45) is 0 Å². The van der Waals surface area contributed by atoms with Crippen LogP contribution in [0.2, 0.25) is 0 Å². The molecule has 0 saturated carbocycles. The molecule has 6 heteroatoms. The van der Waals surface area contributed by atoms with Crippen LogP contribution in [0.15, 0.2) is 67.1 Å². The highest BCUT2D eigenvalue weighted by Crippen LogP contribution is 2.24. The van der Waals surface area contributed by atoms with Crippen molar-refractivity contribution in [1.82, 2.24) is 20.1 Å². The number of aromatic nitrogens is 3. The summed E-state index contributed by atoms with van der Waals surface area (Å²) in [5, 5.41) is 16.5. The number of aliphatic hydroxyl groups is 1. The molecule has 26 heavy (non-hydrogen) atoms. The molecule has 0 aliphatic rings. The lowest BCUT2D eigenvalue weighted by Crippen LogP contribution is -2.28. The van der Waals surface area contributed by atoms with E-state index in [-0.39, 0.29) is 12.5 Å². The summed E-state index contributed by atoms with van der Waals surface area (Å²) in [4.78, 5) is 16.0. The molecular formula is C20H20N4O2. The molecule has 3 aromatic rings. The normalized spacial score (nSPS) is 12.2. The first kappa shape index (κ1) is 17.6. The van der Waals surface area contributed by atoms with E-state index in [0.29, 0.717) is 0 Å². The Morgan fingerprint density at radius 1 is 1.27 bits per heavy atom. The third kappa shape index (κ3) is 4.43. The molecule has 2 N–H and O–H groups in total. The van der Waals surface area contributed by atoms with Gasteiger partial charge in [-0.1, -0.05) is 18.2 Å². The summed E-state index contributed by atoms with van der Waals surface area (Å²) < 4.78 is 1.77. The molecule has 0 unspecified atom stereocenters. The Bertz CT molecular complexity index is 887. The second-order valence-corrected chi connectivity index (χ2v) is 5.88. The van der Waals surface area contributed by atoms with Gasteiger partial charge in [0.2, 0.25) is 5.91 Å². The molecule has 1 aromatic carbocycles. The lowest BCUT2D eigenvalue weighted by atomic mass is 10.1. The van der Waals surface area contributed by atoms with E-state index in [0.717, 1.165) is 22.5 Å². The van der Waals surface area contributed by atoms with Gasteiger partial charge in [-0.2, -0.15) is 5.10 Å². The maximum absolute atomic E-state index is 11.9. The Morgan fingerprint density at radius 2 is 2.08 bits per heavy atom. The molecule has 0 aliphatic carbocycles. The van der Waals surface area contributed by atoms with E-state index in [1.165, 1.54) is 6.08 Å². The molecule has 132 valence electrons. The molecule has 0 saturated heterocycles. The third-order valence-electron chi connectivity index (χ3n) is 3.68. The minimum absolute atomic E-state index is 0.210. The SMILES string of the molecule is C[C@@H](O)CNC(=O)/C=C/c1cn(-c2ccccc2)nc1-c1cccnc1. The molecule has 1 amide bonds. The van der Waals surface area contributed by atoms with E-state index < -0.39 is 6.10 Å². The van der Waals surface area contributed by atoms with Crippen molar-refractivity contribution in [2.45, 2.75) is 13.0 Å². The Labute approximate surface area is 151 Å². The number of nitrogens with one attached hydrogen (secondary N) is 1. The molecular weight excluding hydrogens is 328 g/mol. The van der Waals surface area contributed by atoms with Crippen molar-refractivity contribution in [2.75, 3.05) is 6.54 Å². The van der Waals surface area contributed by atoms with Crippen LogP contribution in [0.5, 0.6) is 0 Å². The number of carbonyl (C=O) groups is 1. The molecule has 0 aliphatic heterocycles. The average Bonchev–Trinajstić information content (AvgIpc) is 3.10. The highest BCUT2D eigenvalue weighted by molar-refractivity contribution is 5.92. The van der Waals surface area contributed by atoms with Gasteiger partial charge in [-0.3, -0.25) is 9.78 Å². The molecule has 0 fully saturated rings. The third-order valence-corrected chi connectivity index (χ3v) is 3.68. The van der Waals surface area contributed by atoms with E-state index in [4.69, 9.17) is 0 Å². The Kier molecular flexibility index (Phi) is 5.56. The number of nitrogens with zero attached hydrogens (tertiary/aromatic N) is 3. The van der Waals surface area contributed by atoms with Crippen LogP contribution in [-0.2, 0) is 4.79 Å². The van der Waals surface area contributed by atoms with Crippen LogP contribution in [0.25, 0.3) is 23.0 Å². The fraction of sp³-hybridized carbons (Fsp3) is 0.150. The zero-order chi connectivity index (χ0) is 18.4. The average molecular weight is 348 g/mol. The quantitative estimate of drug-likeness (QED) is 0.671. The van der Waals surface area contributed by atoms with Gasteiger partial charge in [-0.15, -0.1) is 0 Å². The number of carbonyl (C=O) groups excluding carboxylic acids is 1. The summed E-state index contributed by atoms with van der Waals surface area (Å²) in [5.41, 5.74) is 3.33. The Balaban J connectivity index is 1.92. The van der Waals surface area contributed by atoms with E-state index >= 15 is 0 Å². The second kappa shape index (κ2) is 8.22. The van der Waals surface area contributed by atoms with Crippen molar-refractivity contribution in [3.8, 4) is 16.9 Å². The highest BCUT2D eigenvalue weighted by atomic mass is 16.3. The van der Waals surface area contributed by atoms with Crippen LogP contribution in [0.1, 0.15) is 12.5 Å². The van der Waals surface area contributed by atoms with Gasteiger partial charge in [0.15, 0.2) is 0 Å². The van der Waals surface area contributed by atoms with Gasteiger partial charge in [0.25, 0.3) is 0 Å². The van der Waals surface area contributed by atoms with E-state index in [1.54, 1.807) is 30.1 Å². The predicted molar refractivity (Wildman–Crippen MR) is 101 cm³/mol. The monoisotopic (exact) mass is 348 g/mol. The van der Waals surface area contributed by atoms with Gasteiger partial charge >= 0.3 is 0 Å². The lowest BCUT2D eigenvalue weighted by molar-refractivity contribution is -0.116. The number of pyridine rings is 1. The van der Waals surface area contributed by atoms with Crippen LogP contribution in [0, 0.1) is 0 Å². The van der Waals surface area contributed by atoms with Crippen molar-refractivity contribution in [3.05, 3.63) is 72.7 Å². The number of benzene rings is 1. The Morgan fingerprint density at radius 3 is 2.77 bits per heavy atom. The van der Waals surface area contributed by atoms with Crippen LogP contribution < -0.4 is 5.32 Å². The molecule has 6 nitrogen and oxygen atoms in total. The zero-order valence-electron chi connectivity index (χ0n) is 14.4. The topological polar surface area (TPSA) is 80.0 Å². The minimum atomic E-state index is -0.584. The molecule has 0 bridgehead atoms. The molecule has 2 heterocycles. The van der Waals surface area contributed by atoms with E-state index in [2.05, 4.69) is 15.4 Å². The van der Waals surface area contributed by atoms with Crippen molar-refractivity contribution < 1.29 is 9.90 Å². The van der Waals surface area contributed by atoms with Crippen LogP contribution in [-0.4, -0.2) is 38.4 Å².